The van der Waals surface area contributed by atoms with Crippen LogP contribution in [0, 0.1) is 24.2 Å². The van der Waals surface area contributed by atoms with Gasteiger partial charge in [-0.25, -0.2) is 4.98 Å². The van der Waals surface area contributed by atoms with Gasteiger partial charge in [0.15, 0.2) is 0 Å². The molecule has 0 radical (unpaired) electrons. The Hall–Kier alpha value is -2.09. The number of carboxylic acids is 1. The SMILES string of the molecule is Cc1ccc(C#N)c(NC(C)C(C)C(=O)O)n1. The third-order valence-electron chi connectivity index (χ3n) is 2.66. The van der Waals surface area contributed by atoms with Crippen molar-refractivity contribution in [3.05, 3.63) is 23.4 Å². The fourth-order valence-corrected chi connectivity index (χ4v) is 1.31. The predicted octanol–water partition coefficient (Wildman–Crippen LogP) is 1.78. The number of nitrogens with zero attached hydrogens (tertiary/aromatic N) is 2. The molecule has 2 unspecified atom stereocenters. The van der Waals surface area contributed by atoms with Gasteiger partial charge in [0.25, 0.3) is 0 Å². The molecule has 5 heteroatoms. The minimum absolute atomic E-state index is 0.297. The number of nitriles is 1. The molecule has 0 saturated heterocycles. The Balaban J connectivity index is 2.91. The van der Waals surface area contributed by atoms with Crippen LogP contribution in [-0.2, 0) is 4.79 Å². The van der Waals surface area contributed by atoms with Crippen LogP contribution in [0.4, 0.5) is 5.82 Å². The molecule has 1 aromatic heterocycles. The molecule has 17 heavy (non-hydrogen) atoms. The zero-order valence-electron chi connectivity index (χ0n) is 10.1. The maximum Gasteiger partial charge on any atom is 0.308 e. The van der Waals surface area contributed by atoms with Crippen LogP contribution in [0.3, 0.4) is 0 Å². The van der Waals surface area contributed by atoms with E-state index in [1.54, 1.807) is 26.0 Å². The average Bonchev–Trinajstić information content (AvgIpc) is 2.28. The molecule has 0 saturated carbocycles. The van der Waals surface area contributed by atoms with E-state index >= 15 is 0 Å². The van der Waals surface area contributed by atoms with Gasteiger partial charge in [-0.05, 0) is 32.9 Å². The van der Waals surface area contributed by atoms with Crippen molar-refractivity contribution in [2.24, 2.45) is 5.92 Å². The molecule has 0 aliphatic heterocycles. The number of carbonyl (C=O) groups is 1. The molecule has 1 aromatic rings. The molecule has 0 amide bonds. The van der Waals surface area contributed by atoms with Crippen LogP contribution in [0.5, 0.6) is 0 Å². The number of carboxylic acid groups (broad SMARTS) is 1. The topological polar surface area (TPSA) is 86.0 Å². The van der Waals surface area contributed by atoms with E-state index in [2.05, 4.69) is 10.3 Å². The number of aryl methyl sites for hydroxylation is 1. The molecule has 0 bridgehead atoms. The summed E-state index contributed by atoms with van der Waals surface area (Å²) in [5.41, 5.74) is 1.20. The maximum absolute atomic E-state index is 10.8. The summed E-state index contributed by atoms with van der Waals surface area (Å²) in [6.07, 6.45) is 0. The summed E-state index contributed by atoms with van der Waals surface area (Å²) in [6, 6.07) is 5.14. The lowest BCUT2D eigenvalue weighted by atomic mass is 10.0. The molecule has 0 aliphatic rings. The zero-order chi connectivity index (χ0) is 13.0. The largest absolute Gasteiger partial charge is 0.481 e. The standard InChI is InChI=1S/C12H15N3O2/c1-7-4-5-10(6-13)11(14-7)15-9(3)8(2)12(16)17/h4-5,8-9H,1-3H3,(H,14,15)(H,16,17). The van der Waals surface area contributed by atoms with Gasteiger partial charge in [-0.2, -0.15) is 5.26 Å². The predicted molar refractivity (Wildman–Crippen MR) is 63.6 cm³/mol. The second kappa shape index (κ2) is 5.30. The van der Waals surface area contributed by atoms with Crippen LogP contribution in [-0.4, -0.2) is 22.1 Å². The monoisotopic (exact) mass is 233 g/mol. The summed E-state index contributed by atoms with van der Waals surface area (Å²) in [7, 11) is 0. The van der Waals surface area contributed by atoms with Crippen molar-refractivity contribution in [1.29, 1.82) is 5.26 Å². The molecule has 0 aromatic carbocycles. The molecule has 0 aliphatic carbocycles. The second-order valence-corrected chi connectivity index (χ2v) is 4.02. The van der Waals surface area contributed by atoms with Gasteiger partial charge in [0.2, 0.25) is 0 Å². The Labute approximate surface area is 100 Å². The van der Waals surface area contributed by atoms with Crippen molar-refractivity contribution >= 4 is 11.8 Å². The van der Waals surface area contributed by atoms with E-state index in [0.717, 1.165) is 5.69 Å². The first-order valence-electron chi connectivity index (χ1n) is 5.32. The lowest BCUT2D eigenvalue weighted by molar-refractivity contribution is -0.141. The Morgan fingerprint density at radius 3 is 2.71 bits per heavy atom. The molecule has 1 heterocycles. The van der Waals surface area contributed by atoms with E-state index in [-0.39, 0.29) is 6.04 Å². The highest BCUT2D eigenvalue weighted by Crippen LogP contribution is 2.16. The van der Waals surface area contributed by atoms with Crippen LogP contribution in [0.15, 0.2) is 12.1 Å². The highest BCUT2D eigenvalue weighted by molar-refractivity contribution is 5.71. The van der Waals surface area contributed by atoms with Crippen LogP contribution < -0.4 is 5.32 Å². The summed E-state index contributed by atoms with van der Waals surface area (Å²) in [4.78, 5) is 15.0. The first-order chi connectivity index (χ1) is 7.95. The number of aliphatic carboxylic acids is 1. The van der Waals surface area contributed by atoms with E-state index < -0.39 is 11.9 Å². The van der Waals surface area contributed by atoms with E-state index in [9.17, 15) is 4.79 Å². The van der Waals surface area contributed by atoms with Crippen LogP contribution >= 0.6 is 0 Å². The molecule has 5 nitrogen and oxygen atoms in total. The molecule has 2 atom stereocenters. The second-order valence-electron chi connectivity index (χ2n) is 4.02. The van der Waals surface area contributed by atoms with E-state index in [1.165, 1.54) is 0 Å². The third-order valence-corrected chi connectivity index (χ3v) is 2.66. The number of anilines is 1. The maximum atomic E-state index is 10.8. The number of pyridine rings is 1. The highest BCUT2D eigenvalue weighted by Gasteiger charge is 2.20. The van der Waals surface area contributed by atoms with Crippen molar-refractivity contribution in [1.82, 2.24) is 4.98 Å². The molecule has 0 spiro atoms. The van der Waals surface area contributed by atoms with Crippen LogP contribution in [0.2, 0.25) is 0 Å². The number of hydrogen-bond donors (Lipinski definition) is 2. The number of nitrogens with one attached hydrogen (secondary N) is 1. The highest BCUT2D eigenvalue weighted by atomic mass is 16.4. The summed E-state index contributed by atoms with van der Waals surface area (Å²) in [5, 5.41) is 20.8. The average molecular weight is 233 g/mol. The summed E-state index contributed by atoms with van der Waals surface area (Å²) < 4.78 is 0. The molecule has 90 valence electrons. The summed E-state index contributed by atoms with van der Waals surface area (Å²) >= 11 is 0. The smallest absolute Gasteiger partial charge is 0.308 e. The minimum Gasteiger partial charge on any atom is -0.481 e. The lowest BCUT2D eigenvalue weighted by Gasteiger charge is -2.19. The fourth-order valence-electron chi connectivity index (χ4n) is 1.31. The summed E-state index contributed by atoms with van der Waals surface area (Å²) in [5.74, 6) is -0.992. The van der Waals surface area contributed by atoms with E-state index in [4.69, 9.17) is 10.4 Å². The van der Waals surface area contributed by atoms with Gasteiger partial charge in [-0.15, -0.1) is 0 Å². The summed E-state index contributed by atoms with van der Waals surface area (Å²) in [6.45, 7) is 5.18. The van der Waals surface area contributed by atoms with Gasteiger partial charge >= 0.3 is 5.97 Å². The van der Waals surface area contributed by atoms with Crippen molar-refractivity contribution < 1.29 is 9.90 Å². The van der Waals surface area contributed by atoms with E-state index in [0.29, 0.717) is 11.4 Å². The van der Waals surface area contributed by atoms with E-state index in [1.807, 2.05) is 13.0 Å². The van der Waals surface area contributed by atoms with Crippen molar-refractivity contribution in [3.63, 3.8) is 0 Å². The van der Waals surface area contributed by atoms with Crippen LogP contribution in [0.1, 0.15) is 25.1 Å². The fraction of sp³-hybridized carbons (Fsp3) is 0.417. The van der Waals surface area contributed by atoms with Gasteiger partial charge in [0, 0.05) is 11.7 Å². The molecule has 0 fully saturated rings. The van der Waals surface area contributed by atoms with Gasteiger partial charge < -0.3 is 10.4 Å². The first kappa shape index (κ1) is 13.0. The number of aromatic nitrogens is 1. The van der Waals surface area contributed by atoms with Crippen molar-refractivity contribution in [3.8, 4) is 6.07 Å². The lowest BCUT2D eigenvalue weighted by Crippen LogP contribution is -2.30. The Morgan fingerprint density at radius 1 is 1.53 bits per heavy atom. The van der Waals surface area contributed by atoms with Crippen molar-refractivity contribution in [2.45, 2.75) is 26.8 Å². The van der Waals surface area contributed by atoms with Crippen molar-refractivity contribution in [2.75, 3.05) is 5.32 Å². The molecular formula is C12H15N3O2. The third kappa shape index (κ3) is 3.18. The molecular weight excluding hydrogens is 218 g/mol. The molecule has 1 rings (SSSR count). The molecule has 2 N–H and O–H groups in total. The Kier molecular flexibility index (Phi) is 4.05. The normalized spacial score (nSPS) is 13.5. The van der Waals surface area contributed by atoms with Crippen LogP contribution in [0.25, 0.3) is 0 Å². The zero-order valence-corrected chi connectivity index (χ0v) is 10.1. The number of hydrogen-bond acceptors (Lipinski definition) is 4. The first-order valence-corrected chi connectivity index (χ1v) is 5.32. The Morgan fingerprint density at radius 2 is 2.18 bits per heavy atom. The minimum atomic E-state index is -0.879. The van der Waals surface area contributed by atoms with Gasteiger partial charge in [0.05, 0.1) is 11.5 Å². The van der Waals surface area contributed by atoms with Gasteiger partial charge in [-0.3, -0.25) is 4.79 Å². The Bertz CT molecular complexity index is 465. The van der Waals surface area contributed by atoms with Gasteiger partial charge in [-0.1, -0.05) is 0 Å². The van der Waals surface area contributed by atoms with Gasteiger partial charge in [0.1, 0.15) is 11.9 Å². The quantitative estimate of drug-likeness (QED) is 0.827. The number of rotatable bonds is 4.